The lowest BCUT2D eigenvalue weighted by molar-refractivity contribution is -0.402. The average Bonchev–Trinajstić information content (AvgIpc) is 2.86. The van der Waals surface area contributed by atoms with Gasteiger partial charge in [-0.05, 0) is 12.1 Å². The summed E-state index contributed by atoms with van der Waals surface area (Å²) in [4.78, 5) is 13.9. The Labute approximate surface area is 103 Å². The van der Waals surface area contributed by atoms with Crippen molar-refractivity contribution < 1.29 is 14.1 Å². The van der Waals surface area contributed by atoms with Crippen LogP contribution >= 0.6 is 0 Å². The van der Waals surface area contributed by atoms with Crippen LogP contribution in [-0.2, 0) is 6.54 Å². The lowest BCUT2D eigenvalue weighted by atomic mass is 10.4. The zero-order valence-corrected chi connectivity index (χ0v) is 9.62. The normalized spacial score (nSPS) is 10.1. The molecule has 0 aromatic carbocycles. The first-order chi connectivity index (χ1) is 8.69. The van der Waals surface area contributed by atoms with Crippen LogP contribution < -0.4 is 10.1 Å². The van der Waals surface area contributed by atoms with Gasteiger partial charge in [-0.25, -0.2) is 4.98 Å². The molecular weight excluding hydrogens is 238 g/mol. The second-order valence-corrected chi connectivity index (χ2v) is 3.44. The second kappa shape index (κ2) is 5.17. The molecule has 0 aliphatic heterocycles. The van der Waals surface area contributed by atoms with Gasteiger partial charge in [0, 0.05) is 6.07 Å². The van der Waals surface area contributed by atoms with Crippen molar-refractivity contribution >= 4 is 11.6 Å². The summed E-state index contributed by atoms with van der Waals surface area (Å²) in [7, 11) is 1.54. The molecule has 2 aromatic rings. The monoisotopic (exact) mass is 249 g/mol. The maximum absolute atomic E-state index is 10.4. The first kappa shape index (κ1) is 11.9. The van der Waals surface area contributed by atoms with E-state index in [0.29, 0.717) is 18.2 Å². The van der Waals surface area contributed by atoms with Crippen molar-refractivity contribution in [3.63, 3.8) is 0 Å². The zero-order chi connectivity index (χ0) is 13.0. The first-order valence-corrected chi connectivity index (χ1v) is 5.16. The van der Waals surface area contributed by atoms with Crippen LogP contribution in [-0.4, -0.2) is 17.0 Å². The van der Waals surface area contributed by atoms with Crippen LogP contribution in [0, 0.1) is 10.1 Å². The largest absolute Gasteiger partial charge is 0.481 e. The van der Waals surface area contributed by atoms with Crippen LogP contribution in [0.25, 0.3) is 0 Å². The van der Waals surface area contributed by atoms with Gasteiger partial charge in [0.05, 0.1) is 31.6 Å². The van der Waals surface area contributed by atoms with Gasteiger partial charge in [-0.1, -0.05) is 0 Å². The van der Waals surface area contributed by atoms with Gasteiger partial charge in [0.15, 0.2) is 0 Å². The predicted octanol–water partition coefficient (Wildman–Crippen LogP) is 2.20. The number of ether oxygens (including phenoxy) is 1. The molecule has 1 N–H and O–H groups in total. The van der Waals surface area contributed by atoms with Gasteiger partial charge >= 0.3 is 5.88 Å². The third kappa shape index (κ3) is 2.76. The lowest BCUT2D eigenvalue weighted by Crippen LogP contribution is -1.98. The fourth-order valence-corrected chi connectivity index (χ4v) is 1.35. The number of nitrogens with zero attached hydrogens (tertiary/aromatic N) is 2. The van der Waals surface area contributed by atoms with Crippen LogP contribution in [0.1, 0.15) is 5.76 Å². The third-order valence-electron chi connectivity index (χ3n) is 2.24. The van der Waals surface area contributed by atoms with Gasteiger partial charge in [0.1, 0.15) is 10.7 Å². The minimum Gasteiger partial charge on any atom is -0.481 e. The van der Waals surface area contributed by atoms with Crippen molar-refractivity contribution in [3.05, 3.63) is 46.3 Å². The standard InChI is InChI=1S/C11H11N3O4/c1-17-10-4-2-8(6-13-10)12-7-9-3-5-11(18-9)14(15)16/h2-6,12H,7H2,1H3. The smallest absolute Gasteiger partial charge is 0.433 e. The van der Waals surface area contributed by atoms with E-state index in [0.717, 1.165) is 5.69 Å². The van der Waals surface area contributed by atoms with E-state index in [-0.39, 0.29) is 5.88 Å². The summed E-state index contributed by atoms with van der Waals surface area (Å²) >= 11 is 0. The minimum absolute atomic E-state index is 0.264. The van der Waals surface area contributed by atoms with E-state index < -0.39 is 4.92 Å². The van der Waals surface area contributed by atoms with Crippen LogP contribution in [0.2, 0.25) is 0 Å². The van der Waals surface area contributed by atoms with E-state index in [1.807, 2.05) is 0 Å². The van der Waals surface area contributed by atoms with Crippen LogP contribution in [0.3, 0.4) is 0 Å². The Bertz CT molecular complexity index is 535. The number of aromatic nitrogens is 1. The Morgan fingerprint density at radius 1 is 1.44 bits per heavy atom. The van der Waals surface area contributed by atoms with Crippen molar-refractivity contribution in [1.29, 1.82) is 0 Å². The Morgan fingerprint density at radius 3 is 2.83 bits per heavy atom. The molecule has 7 nitrogen and oxygen atoms in total. The maximum atomic E-state index is 10.4. The number of nitrogens with one attached hydrogen (secondary N) is 1. The predicted molar refractivity (Wildman–Crippen MR) is 63.5 cm³/mol. The summed E-state index contributed by atoms with van der Waals surface area (Å²) in [5.74, 6) is 0.742. The molecule has 0 radical (unpaired) electrons. The fraction of sp³-hybridized carbons (Fsp3) is 0.182. The van der Waals surface area contributed by atoms with E-state index in [2.05, 4.69) is 10.3 Å². The molecule has 0 saturated heterocycles. The van der Waals surface area contributed by atoms with E-state index in [1.54, 1.807) is 24.4 Å². The lowest BCUT2D eigenvalue weighted by Gasteiger charge is -2.04. The minimum atomic E-state index is -0.571. The molecule has 2 aromatic heterocycles. The molecule has 0 spiro atoms. The van der Waals surface area contributed by atoms with E-state index in [9.17, 15) is 10.1 Å². The molecule has 2 rings (SSSR count). The highest BCUT2D eigenvalue weighted by Gasteiger charge is 2.11. The molecule has 0 aliphatic rings. The van der Waals surface area contributed by atoms with Crippen molar-refractivity contribution in [3.8, 4) is 5.88 Å². The summed E-state index contributed by atoms with van der Waals surface area (Å²) in [6.45, 7) is 0.349. The fourth-order valence-electron chi connectivity index (χ4n) is 1.35. The van der Waals surface area contributed by atoms with Crippen molar-refractivity contribution in [2.24, 2.45) is 0 Å². The van der Waals surface area contributed by atoms with Gasteiger partial charge < -0.3 is 14.5 Å². The Balaban J connectivity index is 1.95. The number of hydrogen-bond donors (Lipinski definition) is 1. The topological polar surface area (TPSA) is 90.4 Å². The number of furan rings is 1. The zero-order valence-electron chi connectivity index (χ0n) is 9.62. The SMILES string of the molecule is COc1ccc(NCc2ccc([N+](=O)[O-])o2)cn1. The van der Waals surface area contributed by atoms with E-state index >= 15 is 0 Å². The van der Waals surface area contributed by atoms with E-state index in [1.165, 1.54) is 13.2 Å². The molecule has 0 unspecified atom stereocenters. The number of hydrogen-bond acceptors (Lipinski definition) is 6. The van der Waals surface area contributed by atoms with Crippen LogP contribution in [0.4, 0.5) is 11.6 Å². The molecule has 0 fully saturated rings. The van der Waals surface area contributed by atoms with E-state index in [4.69, 9.17) is 9.15 Å². The van der Waals surface area contributed by atoms with Gasteiger partial charge in [0.2, 0.25) is 5.88 Å². The molecule has 0 bridgehead atoms. The Morgan fingerprint density at radius 2 is 2.28 bits per heavy atom. The highest BCUT2D eigenvalue weighted by Crippen LogP contribution is 2.17. The Kier molecular flexibility index (Phi) is 3.42. The van der Waals surface area contributed by atoms with Crippen molar-refractivity contribution in [1.82, 2.24) is 4.98 Å². The summed E-state index contributed by atoms with van der Waals surface area (Å²) in [6.07, 6.45) is 1.61. The number of anilines is 1. The molecule has 7 heteroatoms. The summed E-state index contributed by atoms with van der Waals surface area (Å²) in [5.41, 5.74) is 0.773. The molecule has 0 saturated carbocycles. The molecule has 0 atom stereocenters. The first-order valence-electron chi connectivity index (χ1n) is 5.16. The van der Waals surface area contributed by atoms with Crippen LogP contribution in [0.15, 0.2) is 34.9 Å². The van der Waals surface area contributed by atoms with Crippen molar-refractivity contribution in [2.75, 3.05) is 12.4 Å². The number of methoxy groups -OCH3 is 1. The highest BCUT2D eigenvalue weighted by atomic mass is 16.6. The van der Waals surface area contributed by atoms with Gasteiger partial charge in [-0.15, -0.1) is 0 Å². The maximum Gasteiger partial charge on any atom is 0.433 e. The molecule has 0 aliphatic carbocycles. The Hall–Kier alpha value is -2.57. The second-order valence-electron chi connectivity index (χ2n) is 3.44. The molecule has 18 heavy (non-hydrogen) atoms. The molecular formula is C11H11N3O4. The summed E-state index contributed by atoms with van der Waals surface area (Å²) < 4.78 is 9.93. The van der Waals surface area contributed by atoms with Crippen molar-refractivity contribution in [2.45, 2.75) is 6.54 Å². The van der Waals surface area contributed by atoms with Crippen LogP contribution in [0.5, 0.6) is 5.88 Å². The summed E-state index contributed by atoms with van der Waals surface area (Å²) in [6, 6.07) is 6.39. The average molecular weight is 249 g/mol. The number of pyridine rings is 1. The van der Waals surface area contributed by atoms with Gasteiger partial charge in [-0.2, -0.15) is 0 Å². The number of nitro groups is 1. The summed E-state index contributed by atoms with van der Waals surface area (Å²) in [5, 5.41) is 13.5. The quantitative estimate of drug-likeness (QED) is 0.645. The number of rotatable bonds is 5. The van der Waals surface area contributed by atoms with Gasteiger partial charge in [-0.3, -0.25) is 10.1 Å². The van der Waals surface area contributed by atoms with Gasteiger partial charge in [0.25, 0.3) is 0 Å². The molecule has 94 valence electrons. The molecule has 2 heterocycles. The molecule has 0 amide bonds. The highest BCUT2D eigenvalue weighted by molar-refractivity contribution is 5.42. The third-order valence-corrected chi connectivity index (χ3v) is 2.24.